The van der Waals surface area contributed by atoms with Crippen molar-refractivity contribution in [1.82, 2.24) is 0 Å². The Kier molecular flexibility index (Phi) is 9.49. The van der Waals surface area contributed by atoms with Crippen LogP contribution in [0.5, 0.6) is 5.75 Å². The quantitative estimate of drug-likeness (QED) is 0.205. The van der Waals surface area contributed by atoms with Gasteiger partial charge in [0.1, 0.15) is 12.4 Å². The molecule has 0 bridgehead atoms. The van der Waals surface area contributed by atoms with Gasteiger partial charge in [-0.3, -0.25) is 19.2 Å². The van der Waals surface area contributed by atoms with Crippen LogP contribution < -0.4 is 4.18 Å². The summed E-state index contributed by atoms with van der Waals surface area (Å²) in [6, 6.07) is 3.91. The first-order chi connectivity index (χ1) is 17.0. The first kappa shape index (κ1) is 29.8. The fourth-order valence-electron chi connectivity index (χ4n) is 4.23. The molecule has 3 N–H and O–H groups in total. The molecule has 0 spiro atoms. The third kappa shape index (κ3) is 8.04. The molecule has 0 amide bonds. The zero-order valence-corrected chi connectivity index (χ0v) is 19.9. The van der Waals surface area contributed by atoms with E-state index in [4.69, 9.17) is 9.47 Å². The van der Waals surface area contributed by atoms with Crippen LogP contribution in [0.4, 0.5) is 13.2 Å². The fraction of sp³-hybridized carbons (Fsp3) is 0.524. The van der Waals surface area contributed by atoms with Crippen molar-refractivity contribution in [2.75, 3.05) is 6.61 Å². The van der Waals surface area contributed by atoms with Gasteiger partial charge in [0.25, 0.3) is 0 Å². The summed E-state index contributed by atoms with van der Waals surface area (Å²) in [7, 11) is -5.96. The number of benzene rings is 1. The second kappa shape index (κ2) is 11.8. The predicted molar refractivity (Wildman–Crippen MR) is 114 cm³/mol. The van der Waals surface area contributed by atoms with E-state index < -0.39 is 101 Å². The van der Waals surface area contributed by atoms with Crippen LogP contribution in [0.15, 0.2) is 24.3 Å². The molecule has 1 aliphatic rings. The predicted octanol–water partition coefficient (Wildman–Crippen LogP) is 2.19. The number of esters is 1. The van der Waals surface area contributed by atoms with Crippen molar-refractivity contribution < 1.29 is 69.7 Å². The maximum Gasteiger partial charge on any atom is 0.534 e. The van der Waals surface area contributed by atoms with Gasteiger partial charge >= 0.3 is 39.5 Å². The molecule has 12 nitrogen and oxygen atoms in total. The first-order valence-corrected chi connectivity index (χ1v) is 12.0. The van der Waals surface area contributed by atoms with E-state index in [9.17, 15) is 56.1 Å². The number of carbonyl (C=O) groups is 4. The summed E-state index contributed by atoms with van der Waals surface area (Å²) >= 11 is 0. The van der Waals surface area contributed by atoms with Crippen LogP contribution >= 0.6 is 0 Å². The molecule has 1 heterocycles. The number of hydrogen-bond donors (Lipinski definition) is 3. The molecule has 5 atom stereocenters. The lowest BCUT2D eigenvalue weighted by Gasteiger charge is -2.46. The number of alkyl halides is 3. The van der Waals surface area contributed by atoms with Gasteiger partial charge in [-0.25, -0.2) is 0 Å². The summed E-state index contributed by atoms with van der Waals surface area (Å²) in [5, 5.41) is 28.3. The van der Waals surface area contributed by atoms with Gasteiger partial charge in [-0.05, 0) is 23.6 Å². The van der Waals surface area contributed by atoms with Crippen LogP contribution in [0.1, 0.15) is 37.9 Å². The van der Waals surface area contributed by atoms with Crippen LogP contribution in [-0.2, 0) is 38.8 Å². The van der Waals surface area contributed by atoms with Gasteiger partial charge in [-0.15, -0.1) is 0 Å². The SMILES string of the molecule is CC(=O)OC[C@@H]1O[C@@H](c2ccc(OS(=O)(=O)C(F)(F)F)cc2)[C@H](CC(=O)O)[C@@H](CC(=O)O)[C@H]1CC(=O)O. The molecule has 1 aromatic carbocycles. The minimum atomic E-state index is -5.96. The Hall–Kier alpha value is -3.40. The number of ether oxygens (including phenoxy) is 2. The van der Waals surface area contributed by atoms with Crippen molar-refractivity contribution in [2.24, 2.45) is 17.8 Å². The van der Waals surface area contributed by atoms with Crippen molar-refractivity contribution in [1.29, 1.82) is 0 Å². The second-order valence-corrected chi connectivity index (χ2v) is 9.77. The summed E-state index contributed by atoms with van der Waals surface area (Å²) < 4.78 is 75.2. The van der Waals surface area contributed by atoms with Gasteiger partial charge in [0.15, 0.2) is 0 Å². The number of carboxylic acid groups (broad SMARTS) is 3. The Morgan fingerprint density at radius 3 is 1.84 bits per heavy atom. The van der Waals surface area contributed by atoms with Crippen molar-refractivity contribution in [3.8, 4) is 5.75 Å². The van der Waals surface area contributed by atoms with E-state index in [-0.39, 0.29) is 5.56 Å². The molecule has 1 saturated heterocycles. The first-order valence-electron chi connectivity index (χ1n) is 10.6. The van der Waals surface area contributed by atoms with E-state index in [1.54, 1.807) is 0 Å². The van der Waals surface area contributed by atoms with Crippen molar-refractivity contribution in [3.05, 3.63) is 29.8 Å². The van der Waals surface area contributed by atoms with Gasteiger partial charge in [-0.1, -0.05) is 12.1 Å². The zero-order valence-electron chi connectivity index (χ0n) is 19.1. The maximum absolute atomic E-state index is 12.6. The van der Waals surface area contributed by atoms with Gasteiger partial charge < -0.3 is 29.0 Å². The molecule has 0 aromatic heterocycles. The molecular weight excluding hydrogens is 533 g/mol. The molecule has 206 valence electrons. The molecule has 0 aliphatic carbocycles. The summed E-state index contributed by atoms with van der Waals surface area (Å²) in [5.41, 5.74) is -5.57. The molecule has 0 radical (unpaired) electrons. The second-order valence-electron chi connectivity index (χ2n) is 8.24. The summed E-state index contributed by atoms with van der Waals surface area (Å²) in [5.74, 6) is -8.81. The highest BCUT2D eigenvalue weighted by Crippen LogP contribution is 2.48. The number of carboxylic acids is 3. The maximum atomic E-state index is 12.6. The lowest BCUT2D eigenvalue weighted by molar-refractivity contribution is -0.189. The topological polar surface area (TPSA) is 191 Å². The van der Waals surface area contributed by atoms with Crippen LogP contribution in [0.2, 0.25) is 0 Å². The largest absolute Gasteiger partial charge is 0.534 e. The lowest BCUT2D eigenvalue weighted by atomic mass is 9.68. The number of carbonyl (C=O) groups excluding carboxylic acids is 1. The molecule has 1 aromatic rings. The van der Waals surface area contributed by atoms with Gasteiger partial charge in [0, 0.05) is 25.2 Å². The minimum Gasteiger partial charge on any atom is -0.481 e. The van der Waals surface area contributed by atoms with Crippen LogP contribution in [0.25, 0.3) is 0 Å². The molecule has 1 fully saturated rings. The fourth-order valence-corrected chi connectivity index (χ4v) is 4.69. The smallest absolute Gasteiger partial charge is 0.481 e. The molecule has 1 aliphatic heterocycles. The molecular formula is C21H23F3O12S. The summed E-state index contributed by atoms with van der Waals surface area (Å²) in [4.78, 5) is 46.1. The van der Waals surface area contributed by atoms with E-state index in [0.29, 0.717) is 0 Å². The van der Waals surface area contributed by atoms with Crippen LogP contribution in [-0.4, -0.2) is 65.8 Å². The number of rotatable bonds is 11. The standard InChI is InChI=1S/C21H23F3O12S/c1-10(25)34-9-16-14(7-18(28)29)13(6-17(26)27)15(8-19(30)31)20(35-16)11-2-4-12(5-3-11)36-37(32,33)21(22,23)24/h2-5,13-16,20H,6-9H2,1H3,(H,26,27)(H,28,29)(H,30,31)/t13-,14+,15+,16-,20-/m0/s1. The van der Waals surface area contributed by atoms with E-state index in [0.717, 1.165) is 31.2 Å². The van der Waals surface area contributed by atoms with E-state index in [1.807, 2.05) is 0 Å². The highest BCUT2D eigenvalue weighted by molar-refractivity contribution is 7.88. The van der Waals surface area contributed by atoms with Crippen LogP contribution in [0, 0.1) is 17.8 Å². The molecule has 2 rings (SSSR count). The van der Waals surface area contributed by atoms with Crippen molar-refractivity contribution in [2.45, 2.75) is 43.9 Å². The number of halogens is 3. The lowest BCUT2D eigenvalue weighted by Crippen LogP contribution is -2.48. The molecule has 0 unspecified atom stereocenters. The Morgan fingerprint density at radius 1 is 0.892 bits per heavy atom. The Balaban J connectivity index is 2.51. The van der Waals surface area contributed by atoms with Crippen LogP contribution in [0.3, 0.4) is 0 Å². The Labute approximate surface area is 208 Å². The summed E-state index contributed by atoms with van der Waals surface area (Å²) in [6.07, 6.45) is -4.37. The van der Waals surface area contributed by atoms with E-state index in [2.05, 4.69) is 4.18 Å². The highest BCUT2D eigenvalue weighted by atomic mass is 32.2. The monoisotopic (exact) mass is 556 g/mol. The molecule has 37 heavy (non-hydrogen) atoms. The highest BCUT2D eigenvalue weighted by Gasteiger charge is 2.50. The Bertz CT molecular complexity index is 1120. The average molecular weight is 556 g/mol. The Morgan fingerprint density at radius 2 is 1.38 bits per heavy atom. The average Bonchev–Trinajstić information content (AvgIpc) is 2.74. The third-order valence-corrected chi connectivity index (χ3v) is 6.65. The van der Waals surface area contributed by atoms with E-state index in [1.165, 1.54) is 0 Å². The molecule has 0 saturated carbocycles. The number of aliphatic carboxylic acids is 3. The summed E-state index contributed by atoms with van der Waals surface area (Å²) in [6.45, 7) is 0.590. The normalized spacial score (nSPS) is 24.2. The van der Waals surface area contributed by atoms with Gasteiger partial charge in [-0.2, -0.15) is 21.6 Å². The number of hydrogen-bond acceptors (Lipinski definition) is 9. The zero-order chi connectivity index (χ0) is 28.1. The van der Waals surface area contributed by atoms with Crippen molar-refractivity contribution >= 4 is 34.0 Å². The van der Waals surface area contributed by atoms with Gasteiger partial charge in [0.05, 0.1) is 25.0 Å². The molecule has 16 heteroatoms. The van der Waals surface area contributed by atoms with E-state index >= 15 is 0 Å². The van der Waals surface area contributed by atoms with Crippen molar-refractivity contribution in [3.63, 3.8) is 0 Å². The minimum absolute atomic E-state index is 0.111. The van der Waals surface area contributed by atoms with Gasteiger partial charge in [0.2, 0.25) is 0 Å². The third-order valence-electron chi connectivity index (χ3n) is 5.67.